The average Bonchev–Trinajstić information content (AvgIpc) is 2.55. The van der Waals surface area contributed by atoms with Crippen molar-refractivity contribution in [3.63, 3.8) is 0 Å². The van der Waals surface area contributed by atoms with Crippen LogP contribution in [-0.4, -0.2) is 75.7 Å². The van der Waals surface area contributed by atoms with Gasteiger partial charge in [0, 0.05) is 46.3 Å². The van der Waals surface area contributed by atoms with Gasteiger partial charge in [0.1, 0.15) is 0 Å². The molecular weight excluding hydrogens is 274 g/mol. The van der Waals surface area contributed by atoms with E-state index in [-0.39, 0.29) is 0 Å². The van der Waals surface area contributed by atoms with Crippen LogP contribution in [0.5, 0.6) is 0 Å². The van der Waals surface area contributed by atoms with E-state index in [0.717, 1.165) is 25.0 Å². The molecule has 0 aliphatic carbocycles. The monoisotopic (exact) mass is 311 g/mol. The standard InChI is InChI=1S/C17H37N5/c1-5-16(6-2)15-20-17(18-3)19-9-7-8-10-22-13-11-21(4)12-14-22/h16H,5-15H2,1-4H3,(H2,18,19,20). The molecule has 22 heavy (non-hydrogen) atoms. The Balaban J connectivity index is 2.04. The van der Waals surface area contributed by atoms with Crippen molar-refractivity contribution in [1.82, 2.24) is 20.4 Å². The molecule has 0 spiro atoms. The predicted molar refractivity (Wildman–Crippen MR) is 96.6 cm³/mol. The maximum atomic E-state index is 4.30. The number of aliphatic imine (C=N–C) groups is 1. The molecule has 130 valence electrons. The van der Waals surface area contributed by atoms with Gasteiger partial charge in [-0.2, -0.15) is 0 Å². The number of hydrogen-bond acceptors (Lipinski definition) is 3. The van der Waals surface area contributed by atoms with Crippen LogP contribution in [0.1, 0.15) is 39.5 Å². The van der Waals surface area contributed by atoms with Gasteiger partial charge in [0.15, 0.2) is 5.96 Å². The first-order chi connectivity index (χ1) is 10.7. The van der Waals surface area contributed by atoms with Crippen molar-refractivity contribution in [3.05, 3.63) is 0 Å². The summed E-state index contributed by atoms with van der Waals surface area (Å²) in [6.07, 6.45) is 4.93. The summed E-state index contributed by atoms with van der Waals surface area (Å²) in [4.78, 5) is 9.30. The number of nitrogens with zero attached hydrogens (tertiary/aromatic N) is 3. The topological polar surface area (TPSA) is 42.9 Å². The van der Waals surface area contributed by atoms with Crippen molar-refractivity contribution in [2.24, 2.45) is 10.9 Å². The molecule has 0 saturated carbocycles. The van der Waals surface area contributed by atoms with E-state index in [2.05, 4.69) is 46.3 Å². The van der Waals surface area contributed by atoms with Crippen LogP contribution in [0.3, 0.4) is 0 Å². The number of hydrogen-bond donors (Lipinski definition) is 2. The lowest BCUT2D eigenvalue weighted by Crippen LogP contribution is -2.44. The van der Waals surface area contributed by atoms with Crippen LogP contribution in [0.4, 0.5) is 0 Å². The molecule has 1 aliphatic heterocycles. The zero-order valence-electron chi connectivity index (χ0n) is 15.2. The van der Waals surface area contributed by atoms with Crippen LogP contribution < -0.4 is 10.6 Å². The third kappa shape index (κ3) is 7.99. The summed E-state index contributed by atoms with van der Waals surface area (Å²) < 4.78 is 0. The maximum Gasteiger partial charge on any atom is 0.190 e. The number of guanidine groups is 1. The first kappa shape index (κ1) is 19.2. The lowest BCUT2D eigenvalue weighted by molar-refractivity contribution is 0.152. The third-order valence-corrected chi connectivity index (χ3v) is 4.73. The highest BCUT2D eigenvalue weighted by Crippen LogP contribution is 2.05. The second-order valence-corrected chi connectivity index (χ2v) is 6.41. The molecule has 2 N–H and O–H groups in total. The quantitative estimate of drug-likeness (QED) is 0.386. The maximum absolute atomic E-state index is 4.30. The Bertz CT molecular complexity index is 293. The van der Waals surface area contributed by atoms with Gasteiger partial charge in [0.2, 0.25) is 0 Å². The molecule has 0 amide bonds. The van der Waals surface area contributed by atoms with Crippen molar-refractivity contribution in [2.45, 2.75) is 39.5 Å². The highest BCUT2D eigenvalue weighted by Gasteiger charge is 2.12. The molecule has 0 unspecified atom stereocenters. The predicted octanol–water partition coefficient (Wildman–Crippen LogP) is 1.62. The Labute approximate surface area is 137 Å². The molecule has 0 atom stereocenters. The van der Waals surface area contributed by atoms with Gasteiger partial charge in [-0.05, 0) is 32.4 Å². The Hall–Kier alpha value is -0.810. The SMILES string of the molecule is CCC(CC)CNC(=NC)NCCCCN1CCN(C)CC1. The van der Waals surface area contributed by atoms with Crippen LogP contribution in [-0.2, 0) is 0 Å². The van der Waals surface area contributed by atoms with Gasteiger partial charge in [-0.3, -0.25) is 4.99 Å². The molecule has 1 aliphatic rings. The Kier molecular flexibility index (Phi) is 10.2. The number of likely N-dealkylation sites (N-methyl/N-ethyl adjacent to an activating group) is 1. The Morgan fingerprint density at radius 1 is 1.05 bits per heavy atom. The summed E-state index contributed by atoms with van der Waals surface area (Å²) in [6, 6.07) is 0. The highest BCUT2D eigenvalue weighted by molar-refractivity contribution is 5.79. The van der Waals surface area contributed by atoms with E-state index in [1.165, 1.54) is 58.4 Å². The second kappa shape index (κ2) is 11.7. The van der Waals surface area contributed by atoms with Gasteiger partial charge in [-0.25, -0.2) is 0 Å². The van der Waals surface area contributed by atoms with E-state index < -0.39 is 0 Å². The largest absolute Gasteiger partial charge is 0.356 e. The Morgan fingerprint density at radius 2 is 1.73 bits per heavy atom. The van der Waals surface area contributed by atoms with E-state index in [4.69, 9.17) is 0 Å². The van der Waals surface area contributed by atoms with E-state index in [9.17, 15) is 0 Å². The number of nitrogens with one attached hydrogen (secondary N) is 2. The van der Waals surface area contributed by atoms with E-state index in [1.807, 2.05) is 7.05 Å². The number of unbranched alkanes of at least 4 members (excludes halogenated alkanes) is 1. The second-order valence-electron chi connectivity index (χ2n) is 6.41. The van der Waals surface area contributed by atoms with E-state index in [1.54, 1.807) is 0 Å². The van der Waals surface area contributed by atoms with Crippen LogP contribution in [0.2, 0.25) is 0 Å². The lowest BCUT2D eigenvalue weighted by atomic mass is 10.0. The highest BCUT2D eigenvalue weighted by atomic mass is 15.2. The van der Waals surface area contributed by atoms with Crippen molar-refractivity contribution in [1.29, 1.82) is 0 Å². The minimum atomic E-state index is 0.746. The van der Waals surface area contributed by atoms with Gasteiger partial charge in [0.25, 0.3) is 0 Å². The molecule has 0 aromatic heterocycles. The summed E-state index contributed by atoms with van der Waals surface area (Å²) in [5.41, 5.74) is 0. The molecule has 0 aromatic carbocycles. The minimum Gasteiger partial charge on any atom is -0.356 e. The van der Waals surface area contributed by atoms with Gasteiger partial charge in [-0.1, -0.05) is 26.7 Å². The number of rotatable bonds is 9. The zero-order valence-corrected chi connectivity index (χ0v) is 15.2. The van der Waals surface area contributed by atoms with Crippen molar-refractivity contribution < 1.29 is 0 Å². The third-order valence-electron chi connectivity index (χ3n) is 4.73. The van der Waals surface area contributed by atoms with Crippen LogP contribution in [0.15, 0.2) is 4.99 Å². The van der Waals surface area contributed by atoms with Crippen molar-refractivity contribution in [3.8, 4) is 0 Å². The minimum absolute atomic E-state index is 0.746. The summed E-state index contributed by atoms with van der Waals surface area (Å²) in [6.45, 7) is 12.6. The van der Waals surface area contributed by atoms with Crippen LogP contribution in [0.25, 0.3) is 0 Å². The van der Waals surface area contributed by atoms with Gasteiger partial charge in [-0.15, -0.1) is 0 Å². The van der Waals surface area contributed by atoms with Crippen molar-refractivity contribution >= 4 is 5.96 Å². The van der Waals surface area contributed by atoms with Crippen molar-refractivity contribution in [2.75, 3.05) is 59.9 Å². The lowest BCUT2D eigenvalue weighted by Gasteiger charge is -2.32. The molecule has 1 fully saturated rings. The van der Waals surface area contributed by atoms with Gasteiger partial charge >= 0.3 is 0 Å². The molecule has 0 aromatic rings. The van der Waals surface area contributed by atoms with E-state index >= 15 is 0 Å². The Morgan fingerprint density at radius 3 is 2.32 bits per heavy atom. The molecule has 1 rings (SSSR count). The molecule has 0 bridgehead atoms. The summed E-state index contributed by atoms with van der Waals surface area (Å²) in [5.74, 6) is 1.70. The zero-order chi connectivity index (χ0) is 16.2. The first-order valence-corrected chi connectivity index (χ1v) is 9.05. The van der Waals surface area contributed by atoms with E-state index in [0.29, 0.717) is 0 Å². The van der Waals surface area contributed by atoms with Gasteiger partial charge < -0.3 is 20.4 Å². The average molecular weight is 312 g/mol. The van der Waals surface area contributed by atoms with Crippen LogP contribution in [0, 0.1) is 5.92 Å². The fraction of sp³-hybridized carbons (Fsp3) is 0.941. The molecule has 1 heterocycles. The molecule has 5 heteroatoms. The molecule has 1 saturated heterocycles. The molecular formula is C17H37N5. The summed E-state index contributed by atoms with van der Waals surface area (Å²) in [5, 5.41) is 6.87. The molecule has 0 radical (unpaired) electrons. The fourth-order valence-corrected chi connectivity index (χ4v) is 2.78. The normalized spacial score (nSPS) is 18.0. The first-order valence-electron chi connectivity index (χ1n) is 9.05. The van der Waals surface area contributed by atoms with Crippen LogP contribution >= 0.6 is 0 Å². The summed E-state index contributed by atoms with van der Waals surface area (Å²) >= 11 is 0. The smallest absolute Gasteiger partial charge is 0.190 e. The summed E-state index contributed by atoms with van der Waals surface area (Å²) in [7, 11) is 4.06. The fourth-order valence-electron chi connectivity index (χ4n) is 2.78. The van der Waals surface area contributed by atoms with Gasteiger partial charge in [0.05, 0.1) is 0 Å². The molecule has 5 nitrogen and oxygen atoms in total. The number of piperazine rings is 1.